The van der Waals surface area contributed by atoms with Crippen LogP contribution >= 0.6 is 0 Å². The first kappa shape index (κ1) is 13.2. The number of hydrogen-bond acceptors (Lipinski definition) is 3. The van der Waals surface area contributed by atoms with Gasteiger partial charge in [-0.25, -0.2) is 4.39 Å². The quantitative estimate of drug-likeness (QED) is 0.789. The van der Waals surface area contributed by atoms with Crippen molar-refractivity contribution in [1.82, 2.24) is 4.98 Å². The number of rotatable bonds is 2. The van der Waals surface area contributed by atoms with E-state index in [0.717, 1.165) is 27.6 Å². The minimum absolute atomic E-state index is 0.130. The van der Waals surface area contributed by atoms with Crippen LogP contribution in [0.25, 0.3) is 22.0 Å². The molecule has 1 aromatic heterocycles. The molecule has 2 aromatic carbocycles. The van der Waals surface area contributed by atoms with E-state index in [0.29, 0.717) is 18.7 Å². The van der Waals surface area contributed by atoms with E-state index < -0.39 is 0 Å². The van der Waals surface area contributed by atoms with E-state index in [1.54, 1.807) is 6.20 Å². The molecule has 0 saturated heterocycles. The molecule has 0 bridgehead atoms. The van der Waals surface area contributed by atoms with Crippen molar-refractivity contribution in [3.8, 4) is 16.9 Å². The summed E-state index contributed by atoms with van der Waals surface area (Å²) < 4.78 is 19.8. The largest absolute Gasteiger partial charge is 0.485 e. The Hall–Kier alpha value is -2.46. The number of hydrogen-bond donors (Lipinski definition) is 1. The van der Waals surface area contributed by atoms with Gasteiger partial charge < -0.3 is 10.5 Å². The predicted molar refractivity (Wildman–Crippen MR) is 84.3 cm³/mol. The normalized spacial score (nSPS) is 16.5. The summed E-state index contributed by atoms with van der Waals surface area (Å²) in [5.41, 5.74) is 9.14. The molecule has 3 aromatic rings. The summed E-state index contributed by atoms with van der Waals surface area (Å²) in [6.45, 7) is 0.390. The van der Waals surface area contributed by atoms with Gasteiger partial charge in [-0.1, -0.05) is 18.2 Å². The van der Waals surface area contributed by atoms with Crippen molar-refractivity contribution in [2.45, 2.75) is 12.5 Å². The number of nitrogens with two attached hydrogens (primary N) is 1. The standard InChI is InChI=1S/C18H15FN2O/c19-16-8-12(6-13-7-15(9-20)22-18(13)16)14-5-11-3-1-2-4-17(11)21-10-14/h1-6,8,10,15H,7,9,20H2. The highest BCUT2D eigenvalue weighted by Gasteiger charge is 2.25. The first-order valence-corrected chi connectivity index (χ1v) is 7.29. The highest BCUT2D eigenvalue weighted by molar-refractivity contribution is 5.83. The van der Waals surface area contributed by atoms with Crippen LogP contribution in [0.15, 0.2) is 48.7 Å². The van der Waals surface area contributed by atoms with E-state index in [4.69, 9.17) is 10.5 Å². The highest BCUT2D eigenvalue weighted by Crippen LogP contribution is 2.36. The molecule has 1 unspecified atom stereocenters. The second kappa shape index (κ2) is 5.07. The zero-order valence-electron chi connectivity index (χ0n) is 11.9. The number of ether oxygens (including phenoxy) is 1. The van der Waals surface area contributed by atoms with Crippen molar-refractivity contribution in [3.63, 3.8) is 0 Å². The van der Waals surface area contributed by atoms with Crippen LogP contribution in [0.2, 0.25) is 0 Å². The lowest BCUT2D eigenvalue weighted by Crippen LogP contribution is -2.24. The molecule has 0 amide bonds. The molecule has 0 saturated carbocycles. The fourth-order valence-electron chi connectivity index (χ4n) is 2.91. The van der Waals surface area contributed by atoms with Crippen LogP contribution < -0.4 is 10.5 Å². The second-order valence-electron chi connectivity index (χ2n) is 5.54. The fraction of sp³-hybridized carbons (Fsp3) is 0.167. The third-order valence-corrected chi connectivity index (χ3v) is 4.04. The first-order valence-electron chi connectivity index (χ1n) is 7.29. The number of aromatic nitrogens is 1. The molecule has 2 heterocycles. The average molecular weight is 294 g/mol. The number of fused-ring (bicyclic) bond motifs is 2. The summed E-state index contributed by atoms with van der Waals surface area (Å²) in [5.74, 6) is 0.00422. The van der Waals surface area contributed by atoms with Crippen LogP contribution in [-0.4, -0.2) is 17.6 Å². The van der Waals surface area contributed by atoms with Gasteiger partial charge in [-0.05, 0) is 29.8 Å². The maximum absolute atomic E-state index is 14.3. The van der Waals surface area contributed by atoms with Crippen LogP contribution in [-0.2, 0) is 6.42 Å². The molecule has 4 rings (SSSR count). The summed E-state index contributed by atoms with van der Waals surface area (Å²) in [6, 6.07) is 13.4. The SMILES string of the molecule is NCC1Cc2cc(-c3cnc4ccccc4c3)cc(F)c2O1. The van der Waals surface area contributed by atoms with Crippen LogP contribution in [0.4, 0.5) is 4.39 Å². The Balaban J connectivity index is 1.81. The lowest BCUT2D eigenvalue weighted by Gasteiger charge is -2.08. The zero-order valence-corrected chi connectivity index (χ0v) is 11.9. The van der Waals surface area contributed by atoms with Gasteiger partial charge in [0, 0.05) is 35.7 Å². The minimum atomic E-state index is -0.336. The van der Waals surface area contributed by atoms with E-state index in [-0.39, 0.29) is 11.9 Å². The summed E-state index contributed by atoms with van der Waals surface area (Å²) in [5, 5.41) is 1.04. The molecule has 1 atom stereocenters. The van der Waals surface area contributed by atoms with Crippen molar-refractivity contribution >= 4 is 10.9 Å². The van der Waals surface area contributed by atoms with E-state index in [1.165, 1.54) is 6.07 Å². The molecule has 4 heteroatoms. The Kier molecular flexibility index (Phi) is 3.05. The molecule has 0 radical (unpaired) electrons. The highest BCUT2D eigenvalue weighted by atomic mass is 19.1. The van der Waals surface area contributed by atoms with Crippen molar-refractivity contribution in [2.24, 2.45) is 5.73 Å². The molecule has 0 aliphatic carbocycles. The van der Waals surface area contributed by atoms with Gasteiger partial charge in [0.25, 0.3) is 0 Å². The average Bonchev–Trinajstić information content (AvgIpc) is 2.98. The number of para-hydroxylation sites is 1. The lowest BCUT2D eigenvalue weighted by molar-refractivity contribution is 0.232. The van der Waals surface area contributed by atoms with Crippen molar-refractivity contribution in [1.29, 1.82) is 0 Å². The lowest BCUT2D eigenvalue weighted by atomic mass is 10.0. The molecule has 0 spiro atoms. The Bertz CT molecular complexity index is 863. The van der Waals surface area contributed by atoms with Gasteiger partial charge in [0.15, 0.2) is 11.6 Å². The molecule has 0 fully saturated rings. The second-order valence-corrected chi connectivity index (χ2v) is 5.54. The maximum atomic E-state index is 14.3. The van der Waals surface area contributed by atoms with Gasteiger partial charge in [0.2, 0.25) is 0 Å². The van der Waals surface area contributed by atoms with Crippen LogP contribution in [0.3, 0.4) is 0 Å². The van der Waals surface area contributed by atoms with Crippen LogP contribution in [0, 0.1) is 5.82 Å². The molecule has 2 N–H and O–H groups in total. The Morgan fingerprint density at radius 1 is 1.18 bits per heavy atom. The summed E-state index contributed by atoms with van der Waals surface area (Å²) in [4.78, 5) is 4.44. The molecule has 1 aliphatic heterocycles. The van der Waals surface area contributed by atoms with Crippen molar-refractivity contribution < 1.29 is 9.13 Å². The monoisotopic (exact) mass is 294 g/mol. The van der Waals surface area contributed by atoms with Crippen LogP contribution in [0.5, 0.6) is 5.75 Å². The minimum Gasteiger partial charge on any atom is -0.485 e. The predicted octanol–water partition coefficient (Wildman–Crippen LogP) is 3.30. The third kappa shape index (κ3) is 2.12. The van der Waals surface area contributed by atoms with Crippen molar-refractivity contribution in [3.05, 3.63) is 60.0 Å². The molecule has 22 heavy (non-hydrogen) atoms. The molecular formula is C18H15FN2O. The van der Waals surface area contributed by atoms with Gasteiger partial charge in [-0.3, -0.25) is 4.98 Å². The van der Waals surface area contributed by atoms with Gasteiger partial charge in [0.1, 0.15) is 6.10 Å². The van der Waals surface area contributed by atoms with Gasteiger partial charge >= 0.3 is 0 Å². The summed E-state index contributed by atoms with van der Waals surface area (Å²) in [6.07, 6.45) is 2.30. The smallest absolute Gasteiger partial charge is 0.165 e. The molecular weight excluding hydrogens is 279 g/mol. The van der Waals surface area contributed by atoms with Crippen molar-refractivity contribution in [2.75, 3.05) is 6.54 Å². The number of nitrogens with zero attached hydrogens (tertiary/aromatic N) is 1. The first-order chi connectivity index (χ1) is 10.7. The zero-order chi connectivity index (χ0) is 15.1. The van der Waals surface area contributed by atoms with Gasteiger partial charge in [-0.15, -0.1) is 0 Å². The Morgan fingerprint density at radius 3 is 2.91 bits per heavy atom. The van der Waals surface area contributed by atoms with Gasteiger partial charge in [-0.2, -0.15) is 0 Å². The number of halogens is 1. The van der Waals surface area contributed by atoms with E-state index in [1.807, 2.05) is 36.4 Å². The summed E-state index contributed by atoms with van der Waals surface area (Å²) >= 11 is 0. The number of benzene rings is 2. The van der Waals surface area contributed by atoms with E-state index >= 15 is 0 Å². The fourth-order valence-corrected chi connectivity index (χ4v) is 2.91. The van der Waals surface area contributed by atoms with Crippen LogP contribution in [0.1, 0.15) is 5.56 Å². The molecule has 1 aliphatic rings. The third-order valence-electron chi connectivity index (χ3n) is 4.04. The Morgan fingerprint density at radius 2 is 2.05 bits per heavy atom. The Labute approximate surface area is 127 Å². The molecule has 110 valence electrons. The van der Waals surface area contributed by atoms with Gasteiger partial charge in [0.05, 0.1) is 5.52 Å². The summed E-state index contributed by atoms with van der Waals surface area (Å²) in [7, 11) is 0. The van der Waals surface area contributed by atoms with E-state index in [9.17, 15) is 4.39 Å². The molecule has 3 nitrogen and oxygen atoms in total. The number of pyridine rings is 1. The van der Waals surface area contributed by atoms with E-state index in [2.05, 4.69) is 4.98 Å². The maximum Gasteiger partial charge on any atom is 0.165 e. The topological polar surface area (TPSA) is 48.1 Å².